The maximum atomic E-state index is 12.2. The Hall–Kier alpha value is -1.71. The van der Waals surface area contributed by atoms with Crippen LogP contribution >= 0.6 is 24.0 Å². The summed E-state index contributed by atoms with van der Waals surface area (Å²) in [6.07, 6.45) is 2.19. The summed E-state index contributed by atoms with van der Waals surface area (Å²) in [6.45, 7) is 7.73. The van der Waals surface area contributed by atoms with Gasteiger partial charge in [-0.1, -0.05) is 6.07 Å². The van der Waals surface area contributed by atoms with Crippen LogP contribution in [0, 0.1) is 0 Å². The predicted molar refractivity (Wildman–Crippen MR) is 118 cm³/mol. The van der Waals surface area contributed by atoms with Crippen molar-refractivity contribution in [3.63, 3.8) is 0 Å². The summed E-state index contributed by atoms with van der Waals surface area (Å²) < 4.78 is 10.9. The van der Waals surface area contributed by atoms with E-state index >= 15 is 0 Å². The highest BCUT2D eigenvalue weighted by Gasteiger charge is 2.17. The zero-order valence-corrected chi connectivity index (χ0v) is 18.7. The first-order valence-electron chi connectivity index (χ1n) is 9.27. The molecule has 0 bridgehead atoms. The molecule has 7 nitrogen and oxygen atoms in total. The molecule has 1 aromatic carbocycles. The zero-order chi connectivity index (χ0) is 18.8. The third kappa shape index (κ3) is 7.43. The molecule has 1 aliphatic rings. The van der Waals surface area contributed by atoms with Gasteiger partial charge in [-0.15, -0.1) is 24.0 Å². The van der Waals surface area contributed by atoms with Gasteiger partial charge in [0.05, 0.1) is 26.8 Å². The maximum Gasteiger partial charge on any atom is 0.241 e. The Morgan fingerprint density at radius 3 is 2.56 bits per heavy atom. The van der Waals surface area contributed by atoms with Crippen molar-refractivity contribution in [2.24, 2.45) is 4.99 Å². The monoisotopic (exact) mass is 490 g/mol. The molecular weight excluding hydrogens is 459 g/mol. The van der Waals surface area contributed by atoms with Crippen molar-refractivity contribution in [3.8, 4) is 11.5 Å². The van der Waals surface area contributed by atoms with Gasteiger partial charge < -0.3 is 25.0 Å². The van der Waals surface area contributed by atoms with Crippen molar-refractivity contribution in [2.45, 2.75) is 33.2 Å². The average Bonchev–Trinajstić information content (AvgIpc) is 3.19. The van der Waals surface area contributed by atoms with Gasteiger partial charge in [0.25, 0.3) is 0 Å². The molecule has 0 atom stereocenters. The molecule has 0 aliphatic carbocycles. The van der Waals surface area contributed by atoms with Gasteiger partial charge in [0, 0.05) is 19.6 Å². The lowest BCUT2D eigenvalue weighted by molar-refractivity contribution is -0.128. The first kappa shape index (κ1) is 23.3. The van der Waals surface area contributed by atoms with Crippen LogP contribution in [0.4, 0.5) is 0 Å². The lowest BCUT2D eigenvalue weighted by atomic mass is 10.2. The molecule has 0 unspecified atom stereocenters. The molecule has 1 aromatic rings. The van der Waals surface area contributed by atoms with Crippen LogP contribution < -0.4 is 20.1 Å². The Morgan fingerprint density at radius 1 is 1.19 bits per heavy atom. The predicted octanol–water partition coefficient (Wildman–Crippen LogP) is 2.39. The Bertz CT molecular complexity index is 619. The molecule has 8 heteroatoms. The normalized spacial score (nSPS) is 13.7. The van der Waals surface area contributed by atoms with E-state index in [1.807, 2.05) is 36.9 Å². The Kier molecular flexibility index (Phi) is 10.9. The van der Waals surface area contributed by atoms with Crippen molar-refractivity contribution >= 4 is 35.8 Å². The second kappa shape index (κ2) is 12.6. The van der Waals surface area contributed by atoms with E-state index in [9.17, 15) is 4.79 Å². The molecule has 152 valence electrons. The number of carbonyl (C=O) groups is 1. The summed E-state index contributed by atoms with van der Waals surface area (Å²) in [4.78, 5) is 18.6. The first-order chi connectivity index (χ1) is 12.7. The summed E-state index contributed by atoms with van der Waals surface area (Å²) in [5.74, 6) is 2.18. The summed E-state index contributed by atoms with van der Waals surface area (Å²) in [5.41, 5.74) is 1.01. The second-order valence-electron chi connectivity index (χ2n) is 6.05. The molecule has 0 aromatic heterocycles. The van der Waals surface area contributed by atoms with E-state index in [2.05, 4.69) is 15.6 Å². The number of rotatable bonds is 8. The smallest absolute Gasteiger partial charge is 0.241 e. The highest BCUT2D eigenvalue weighted by Crippen LogP contribution is 2.28. The van der Waals surface area contributed by atoms with E-state index in [1.165, 1.54) is 0 Å². The SMILES string of the molecule is CCNC(=NCc1ccc(OCC)c(OC)c1)NCC(=O)N1CCCC1.I. The molecule has 0 saturated carbocycles. The lowest BCUT2D eigenvalue weighted by Gasteiger charge is -2.17. The number of halogens is 1. The van der Waals surface area contributed by atoms with Gasteiger partial charge in [0.2, 0.25) is 5.91 Å². The number of likely N-dealkylation sites (tertiary alicyclic amines) is 1. The van der Waals surface area contributed by atoms with E-state index in [0.29, 0.717) is 24.9 Å². The zero-order valence-electron chi connectivity index (χ0n) is 16.4. The van der Waals surface area contributed by atoms with E-state index in [0.717, 1.165) is 43.8 Å². The summed E-state index contributed by atoms with van der Waals surface area (Å²) >= 11 is 0. The van der Waals surface area contributed by atoms with Crippen LogP contribution in [0.25, 0.3) is 0 Å². The van der Waals surface area contributed by atoms with E-state index in [-0.39, 0.29) is 36.4 Å². The number of ether oxygens (including phenoxy) is 2. The fourth-order valence-electron chi connectivity index (χ4n) is 2.83. The fourth-order valence-corrected chi connectivity index (χ4v) is 2.83. The number of hydrogen-bond acceptors (Lipinski definition) is 4. The number of hydrogen-bond donors (Lipinski definition) is 2. The van der Waals surface area contributed by atoms with Gasteiger partial charge in [-0.2, -0.15) is 0 Å². The van der Waals surface area contributed by atoms with Crippen LogP contribution in [0.3, 0.4) is 0 Å². The number of amides is 1. The highest BCUT2D eigenvalue weighted by atomic mass is 127. The number of nitrogens with zero attached hydrogens (tertiary/aromatic N) is 2. The molecule has 0 spiro atoms. The quantitative estimate of drug-likeness (QED) is 0.333. The van der Waals surface area contributed by atoms with Gasteiger partial charge in [-0.05, 0) is 44.4 Å². The number of guanidine groups is 1. The molecule has 1 fully saturated rings. The Morgan fingerprint density at radius 2 is 1.93 bits per heavy atom. The van der Waals surface area contributed by atoms with Gasteiger partial charge in [0.1, 0.15) is 0 Å². The standard InChI is InChI=1S/C19H30N4O3.HI/c1-4-20-19(22-14-18(24)23-10-6-7-11-23)21-13-15-8-9-16(26-5-2)17(12-15)25-3;/h8-9,12H,4-7,10-11,13-14H2,1-3H3,(H2,20,21,22);1H. The Balaban J connectivity index is 0.00000364. The second-order valence-corrected chi connectivity index (χ2v) is 6.05. The minimum atomic E-state index is 0. The van der Waals surface area contributed by atoms with Crippen LogP contribution in [0.1, 0.15) is 32.3 Å². The Labute approximate surface area is 178 Å². The van der Waals surface area contributed by atoms with Crippen molar-refractivity contribution in [2.75, 3.05) is 39.9 Å². The molecule has 1 saturated heterocycles. The molecule has 1 aliphatic heterocycles. The summed E-state index contributed by atoms with van der Waals surface area (Å²) in [5, 5.41) is 6.29. The topological polar surface area (TPSA) is 75.2 Å². The molecule has 2 rings (SSSR count). The number of aliphatic imine (C=N–C) groups is 1. The van der Waals surface area contributed by atoms with E-state index in [1.54, 1.807) is 7.11 Å². The van der Waals surface area contributed by atoms with Crippen molar-refractivity contribution in [1.82, 2.24) is 15.5 Å². The van der Waals surface area contributed by atoms with Crippen LogP contribution in [-0.4, -0.2) is 56.7 Å². The molecule has 2 N–H and O–H groups in total. The molecule has 1 amide bonds. The minimum absolute atomic E-state index is 0. The average molecular weight is 490 g/mol. The van der Waals surface area contributed by atoms with Crippen LogP contribution in [0.2, 0.25) is 0 Å². The van der Waals surface area contributed by atoms with E-state index in [4.69, 9.17) is 9.47 Å². The van der Waals surface area contributed by atoms with Gasteiger partial charge in [-0.25, -0.2) is 4.99 Å². The van der Waals surface area contributed by atoms with Gasteiger partial charge in [-0.3, -0.25) is 4.79 Å². The largest absolute Gasteiger partial charge is 0.493 e. The van der Waals surface area contributed by atoms with Crippen molar-refractivity contribution in [3.05, 3.63) is 23.8 Å². The maximum absolute atomic E-state index is 12.2. The number of carbonyl (C=O) groups excluding carboxylic acids is 1. The molecular formula is C19H31IN4O3. The van der Waals surface area contributed by atoms with Gasteiger partial charge >= 0.3 is 0 Å². The number of benzene rings is 1. The van der Waals surface area contributed by atoms with Crippen molar-refractivity contribution in [1.29, 1.82) is 0 Å². The number of nitrogens with one attached hydrogen (secondary N) is 2. The fraction of sp³-hybridized carbons (Fsp3) is 0.579. The van der Waals surface area contributed by atoms with Gasteiger partial charge in [0.15, 0.2) is 17.5 Å². The first-order valence-corrected chi connectivity index (χ1v) is 9.27. The van der Waals surface area contributed by atoms with E-state index < -0.39 is 0 Å². The van der Waals surface area contributed by atoms with Crippen molar-refractivity contribution < 1.29 is 14.3 Å². The lowest BCUT2D eigenvalue weighted by Crippen LogP contribution is -2.44. The molecule has 1 heterocycles. The van der Waals surface area contributed by atoms with Crippen LogP contribution in [0.5, 0.6) is 11.5 Å². The minimum Gasteiger partial charge on any atom is -0.493 e. The van der Waals surface area contributed by atoms with Crippen LogP contribution in [-0.2, 0) is 11.3 Å². The molecule has 27 heavy (non-hydrogen) atoms. The summed E-state index contributed by atoms with van der Waals surface area (Å²) in [6, 6.07) is 5.79. The third-order valence-corrected chi connectivity index (χ3v) is 4.16. The number of methoxy groups -OCH3 is 1. The third-order valence-electron chi connectivity index (χ3n) is 4.16. The molecule has 0 radical (unpaired) electrons. The van der Waals surface area contributed by atoms with Crippen LogP contribution in [0.15, 0.2) is 23.2 Å². The highest BCUT2D eigenvalue weighted by molar-refractivity contribution is 14.0. The summed E-state index contributed by atoms with van der Waals surface area (Å²) in [7, 11) is 1.63.